The molecule has 1 aromatic rings. The lowest BCUT2D eigenvalue weighted by atomic mass is 10.5. The second-order valence-electron chi connectivity index (χ2n) is 2.56. The summed E-state index contributed by atoms with van der Waals surface area (Å²) in [5.74, 6) is -1.22. The van der Waals surface area contributed by atoms with Crippen LogP contribution >= 0.6 is 0 Å². The zero-order valence-electron chi connectivity index (χ0n) is 7.51. The van der Waals surface area contributed by atoms with Gasteiger partial charge in [0.05, 0.1) is 6.61 Å². The molecule has 0 spiro atoms. The fourth-order valence-electron chi connectivity index (χ4n) is 0.766. The van der Waals surface area contributed by atoms with Crippen LogP contribution in [0.1, 0.15) is 19.2 Å². The standard InChI is InChI=1S/C8H9F3N2O/c1-2-5-14-6-3-4-12-7(13-6)8(9,10)11/h3-4H,2,5H2,1H3. The Kier molecular flexibility index (Phi) is 3.27. The number of hydrogen-bond donors (Lipinski definition) is 0. The highest BCUT2D eigenvalue weighted by Gasteiger charge is 2.34. The van der Waals surface area contributed by atoms with E-state index in [-0.39, 0.29) is 5.88 Å². The fraction of sp³-hybridized carbons (Fsp3) is 0.500. The van der Waals surface area contributed by atoms with Crippen molar-refractivity contribution in [3.8, 4) is 5.88 Å². The number of ether oxygens (including phenoxy) is 1. The first kappa shape index (κ1) is 10.7. The SMILES string of the molecule is CCCOc1ccnc(C(F)(F)F)n1. The van der Waals surface area contributed by atoms with E-state index >= 15 is 0 Å². The smallest absolute Gasteiger partial charge is 0.451 e. The predicted molar refractivity (Wildman–Crippen MR) is 42.8 cm³/mol. The molecule has 0 saturated heterocycles. The van der Waals surface area contributed by atoms with Crippen molar-refractivity contribution in [2.45, 2.75) is 19.5 Å². The zero-order valence-corrected chi connectivity index (χ0v) is 7.51. The van der Waals surface area contributed by atoms with Crippen LogP contribution in [-0.4, -0.2) is 16.6 Å². The average molecular weight is 206 g/mol. The van der Waals surface area contributed by atoms with Gasteiger partial charge in [-0.15, -0.1) is 0 Å². The number of halogens is 3. The molecule has 0 aromatic carbocycles. The Labute approximate surface area is 78.9 Å². The average Bonchev–Trinajstić information content (AvgIpc) is 2.14. The van der Waals surface area contributed by atoms with Gasteiger partial charge in [-0.1, -0.05) is 6.92 Å². The maximum atomic E-state index is 12.1. The molecule has 0 bridgehead atoms. The van der Waals surface area contributed by atoms with Crippen molar-refractivity contribution in [3.63, 3.8) is 0 Å². The highest BCUT2D eigenvalue weighted by atomic mass is 19.4. The van der Waals surface area contributed by atoms with E-state index in [1.165, 1.54) is 6.07 Å². The molecule has 0 fully saturated rings. The summed E-state index contributed by atoms with van der Waals surface area (Å²) in [5.41, 5.74) is 0. The maximum absolute atomic E-state index is 12.1. The third kappa shape index (κ3) is 2.86. The monoisotopic (exact) mass is 206 g/mol. The Bertz CT molecular complexity index is 301. The minimum Gasteiger partial charge on any atom is -0.478 e. The summed E-state index contributed by atoms with van der Waals surface area (Å²) in [7, 11) is 0. The van der Waals surface area contributed by atoms with Gasteiger partial charge in [0, 0.05) is 12.3 Å². The van der Waals surface area contributed by atoms with E-state index in [1.807, 2.05) is 6.92 Å². The lowest BCUT2D eigenvalue weighted by Crippen LogP contribution is -2.11. The molecule has 0 atom stereocenters. The maximum Gasteiger partial charge on any atom is 0.451 e. The van der Waals surface area contributed by atoms with Gasteiger partial charge in [0.2, 0.25) is 11.7 Å². The summed E-state index contributed by atoms with van der Waals surface area (Å²) in [5, 5.41) is 0. The van der Waals surface area contributed by atoms with Gasteiger partial charge in [0.1, 0.15) is 0 Å². The first-order chi connectivity index (χ1) is 6.54. The molecule has 0 unspecified atom stereocenters. The molecule has 0 amide bonds. The van der Waals surface area contributed by atoms with Crippen molar-refractivity contribution in [1.29, 1.82) is 0 Å². The Balaban J connectivity index is 2.79. The predicted octanol–water partition coefficient (Wildman–Crippen LogP) is 2.28. The third-order valence-electron chi connectivity index (χ3n) is 1.34. The Morgan fingerprint density at radius 1 is 1.43 bits per heavy atom. The van der Waals surface area contributed by atoms with Crippen molar-refractivity contribution < 1.29 is 17.9 Å². The third-order valence-corrected chi connectivity index (χ3v) is 1.34. The van der Waals surface area contributed by atoms with Crippen molar-refractivity contribution in [2.24, 2.45) is 0 Å². The van der Waals surface area contributed by atoms with E-state index in [9.17, 15) is 13.2 Å². The molecule has 0 radical (unpaired) electrons. The number of rotatable bonds is 3. The second kappa shape index (κ2) is 4.26. The fourth-order valence-corrected chi connectivity index (χ4v) is 0.766. The van der Waals surface area contributed by atoms with E-state index in [1.54, 1.807) is 0 Å². The number of alkyl halides is 3. The molecule has 1 aromatic heterocycles. The molecule has 0 N–H and O–H groups in total. The van der Waals surface area contributed by atoms with Crippen LogP contribution in [0.2, 0.25) is 0 Å². The number of hydrogen-bond acceptors (Lipinski definition) is 3. The van der Waals surface area contributed by atoms with Crippen LogP contribution in [0, 0.1) is 0 Å². The van der Waals surface area contributed by atoms with Crippen LogP contribution in [0.5, 0.6) is 5.88 Å². The molecule has 0 aliphatic carbocycles. The topological polar surface area (TPSA) is 35.0 Å². The summed E-state index contributed by atoms with van der Waals surface area (Å²) < 4.78 is 41.3. The van der Waals surface area contributed by atoms with Crippen molar-refractivity contribution in [2.75, 3.05) is 6.61 Å². The largest absolute Gasteiger partial charge is 0.478 e. The highest BCUT2D eigenvalue weighted by molar-refractivity contribution is 5.09. The Morgan fingerprint density at radius 2 is 2.14 bits per heavy atom. The molecular formula is C8H9F3N2O. The van der Waals surface area contributed by atoms with Gasteiger partial charge in [0.25, 0.3) is 0 Å². The van der Waals surface area contributed by atoms with Crippen molar-refractivity contribution >= 4 is 0 Å². The Morgan fingerprint density at radius 3 is 2.71 bits per heavy atom. The van der Waals surface area contributed by atoms with E-state index in [0.29, 0.717) is 13.0 Å². The minimum atomic E-state index is -4.52. The van der Waals surface area contributed by atoms with E-state index in [2.05, 4.69) is 9.97 Å². The lowest BCUT2D eigenvalue weighted by molar-refractivity contribution is -0.145. The van der Waals surface area contributed by atoms with Gasteiger partial charge in [-0.2, -0.15) is 18.2 Å². The van der Waals surface area contributed by atoms with Crippen LogP contribution in [0.25, 0.3) is 0 Å². The molecule has 3 nitrogen and oxygen atoms in total. The van der Waals surface area contributed by atoms with Crippen LogP contribution in [-0.2, 0) is 6.18 Å². The molecule has 1 rings (SSSR count). The summed E-state index contributed by atoms with van der Waals surface area (Å²) in [6.07, 6.45) is -2.78. The van der Waals surface area contributed by atoms with Crippen LogP contribution in [0.15, 0.2) is 12.3 Å². The van der Waals surface area contributed by atoms with Gasteiger partial charge in [-0.05, 0) is 6.42 Å². The Hall–Kier alpha value is -1.33. The summed E-state index contributed by atoms with van der Waals surface area (Å²) >= 11 is 0. The first-order valence-corrected chi connectivity index (χ1v) is 4.07. The second-order valence-corrected chi connectivity index (χ2v) is 2.56. The molecule has 0 aliphatic rings. The van der Waals surface area contributed by atoms with E-state index in [4.69, 9.17) is 4.74 Å². The molecule has 0 aliphatic heterocycles. The van der Waals surface area contributed by atoms with Crippen molar-refractivity contribution in [3.05, 3.63) is 18.1 Å². The van der Waals surface area contributed by atoms with Gasteiger partial charge < -0.3 is 4.74 Å². The van der Waals surface area contributed by atoms with E-state index < -0.39 is 12.0 Å². The molecule has 14 heavy (non-hydrogen) atoms. The summed E-state index contributed by atoms with van der Waals surface area (Å²) in [4.78, 5) is 6.33. The number of nitrogens with zero attached hydrogens (tertiary/aromatic N) is 2. The van der Waals surface area contributed by atoms with Gasteiger partial charge in [-0.3, -0.25) is 0 Å². The highest BCUT2D eigenvalue weighted by Crippen LogP contribution is 2.26. The summed E-state index contributed by atoms with van der Waals surface area (Å²) in [6, 6.07) is 1.30. The summed E-state index contributed by atoms with van der Waals surface area (Å²) in [6.45, 7) is 2.19. The molecule has 78 valence electrons. The minimum absolute atomic E-state index is 0.0471. The van der Waals surface area contributed by atoms with E-state index in [0.717, 1.165) is 6.20 Å². The van der Waals surface area contributed by atoms with Crippen molar-refractivity contribution in [1.82, 2.24) is 9.97 Å². The molecule has 6 heteroatoms. The van der Waals surface area contributed by atoms with Gasteiger partial charge >= 0.3 is 6.18 Å². The number of aromatic nitrogens is 2. The zero-order chi connectivity index (χ0) is 10.6. The first-order valence-electron chi connectivity index (χ1n) is 4.07. The van der Waals surface area contributed by atoms with Crippen LogP contribution in [0.4, 0.5) is 13.2 Å². The lowest BCUT2D eigenvalue weighted by Gasteiger charge is -2.06. The van der Waals surface area contributed by atoms with Gasteiger partial charge in [-0.25, -0.2) is 4.98 Å². The molecular weight excluding hydrogens is 197 g/mol. The normalized spacial score (nSPS) is 11.4. The van der Waals surface area contributed by atoms with Crippen LogP contribution in [0.3, 0.4) is 0 Å². The molecule has 1 heterocycles. The quantitative estimate of drug-likeness (QED) is 0.760. The van der Waals surface area contributed by atoms with Crippen LogP contribution < -0.4 is 4.74 Å². The molecule has 0 saturated carbocycles. The van der Waals surface area contributed by atoms with Gasteiger partial charge in [0.15, 0.2) is 0 Å².